The predicted molar refractivity (Wildman–Crippen MR) is 114 cm³/mol. The van der Waals surface area contributed by atoms with Gasteiger partial charge in [0.1, 0.15) is 0 Å². The minimum Gasteiger partial charge on any atom is -0.339 e. The summed E-state index contributed by atoms with van der Waals surface area (Å²) < 4.78 is 0. The molecule has 0 spiro atoms. The third kappa shape index (κ3) is 3.54. The van der Waals surface area contributed by atoms with Gasteiger partial charge in [-0.2, -0.15) is 0 Å². The average molecular weight is 377 g/mol. The molecule has 2 aromatic carbocycles. The normalized spacial score (nSPS) is 17.4. The molecule has 1 unspecified atom stereocenters. The highest BCUT2D eigenvalue weighted by Crippen LogP contribution is 2.24. The van der Waals surface area contributed by atoms with Crippen LogP contribution < -0.4 is 10.2 Å². The van der Waals surface area contributed by atoms with E-state index in [1.54, 1.807) is 0 Å². The van der Waals surface area contributed by atoms with Crippen molar-refractivity contribution < 1.29 is 4.79 Å². The van der Waals surface area contributed by atoms with Gasteiger partial charge in [0.15, 0.2) is 0 Å². The molecule has 3 aromatic rings. The van der Waals surface area contributed by atoms with E-state index in [-0.39, 0.29) is 12.1 Å². The van der Waals surface area contributed by atoms with Gasteiger partial charge in [0, 0.05) is 25.3 Å². The summed E-state index contributed by atoms with van der Waals surface area (Å²) in [5.41, 5.74) is 3.95. The van der Waals surface area contributed by atoms with Crippen LogP contribution in [0.2, 0.25) is 0 Å². The zero-order chi connectivity index (χ0) is 19.7. The molecule has 1 aliphatic heterocycles. The number of nitrogens with one attached hydrogen (secondary N) is 2. The smallest absolute Gasteiger partial charge is 0.322 e. The number of hydrogen-bond acceptors (Lipinski definition) is 3. The molecule has 1 atom stereocenters. The number of nitrogens with zero attached hydrogens (tertiary/aromatic N) is 3. The zero-order valence-corrected chi connectivity index (χ0v) is 16.6. The van der Waals surface area contributed by atoms with Crippen LogP contribution in [-0.4, -0.2) is 46.6 Å². The highest BCUT2D eigenvalue weighted by atomic mass is 16.2. The Morgan fingerprint density at radius 1 is 1.14 bits per heavy atom. The van der Waals surface area contributed by atoms with Gasteiger partial charge in [0.2, 0.25) is 5.95 Å². The quantitative estimate of drug-likeness (QED) is 0.717. The lowest BCUT2D eigenvalue weighted by molar-refractivity contribution is 0.156. The van der Waals surface area contributed by atoms with Gasteiger partial charge in [-0.3, -0.25) is 0 Å². The van der Waals surface area contributed by atoms with E-state index in [2.05, 4.69) is 29.0 Å². The second kappa shape index (κ2) is 7.54. The SMILES string of the molecule is Cc1ccccc1NC(=O)N1CCN(c2nc3ccccc3[nH]2)CC1C(C)C. The fourth-order valence-electron chi connectivity index (χ4n) is 3.81. The molecule has 2 heterocycles. The lowest BCUT2D eigenvalue weighted by Gasteiger charge is -2.43. The minimum atomic E-state index is -0.0303. The molecular formula is C22H27N5O. The zero-order valence-electron chi connectivity index (χ0n) is 16.6. The van der Waals surface area contributed by atoms with Gasteiger partial charge < -0.3 is 20.1 Å². The third-order valence-electron chi connectivity index (χ3n) is 5.51. The predicted octanol–water partition coefficient (Wildman–Crippen LogP) is 4.25. The average Bonchev–Trinajstić information content (AvgIpc) is 3.13. The van der Waals surface area contributed by atoms with E-state index >= 15 is 0 Å². The van der Waals surface area contributed by atoms with Crippen molar-refractivity contribution in [2.45, 2.75) is 26.8 Å². The first-order chi connectivity index (χ1) is 13.5. The molecule has 0 radical (unpaired) electrons. The summed E-state index contributed by atoms with van der Waals surface area (Å²) >= 11 is 0. The van der Waals surface area contributed by atoms with E-state index < -0.39 is 0 Å². The molecule has 1 aliphatic rings. The van der Waals surface area contributed by atoms with Crippen molar-refractivity contribution in [3.8, 4) is 0 Å². The van der Waals surface area contributed by atoms with Crippen LogP contribution in [0.1, 0.15) is 19.4 Å². The number of piperazine rings is 1. The summed E-state index contributed by atoms with van der Waals surface area (Å²) in [5, 5.41) is 3.09. The second-order valence-corrected chi connectivity index (χ2v) is 7.77. The van der Waals surface area contributed by atoms with Crippen molar-refractivity contribution in [3.05, 3.63) is 54.1 Å². The monoisotopic (exact) mass is 377 g/mol. The third-order valence-corrected chi connectivity index (χ3v) is 5.51. The van der Waals surface area contributed by atoms with Crippen molar-refractivity contribution in [2.24, 2.45) is 5.92 Å². The van der Waals surface area contributed by atoms with Gasteiger partial charge in [-0.05, 0) is 36.6 Å². The van der Waals surface area contributed by atoms with Gasteiger partial charge in [0.25, 0.3) is 0 Å². The molecule has 0 aliphatic carbocycles. The minimum absolute atomic E-state index is 0.0303. The second-order valence-electron chi connectivity index (χ2n) is 7.77. The molecule has 6 heteroatoms. The first kappa shape index (κ1) is 18.3. The van der Waals surface area contributed by atoms with Crippen molar-refractivity contribution >= 4 is 28.7 Å². The fourth-order valence-corrected chi connectivity index (χ4v) is 3.81. The maximum absolute atomic E-state index is 13.0. The summed E-state index contributed by atoms with van der Waals surface area (Å²) in [4.78, 5) is 25.4. The van der Waals surface area contributed by atoms with Crippen molar-refractivity contribution in [1.82, 2.24) is 14.9 Å². The number of imidazole rings is 1. The number of para-hydroxylation sites is 3. The molecule has 1 fully saturated rings. The molecule has 28 heavy (non-hydrogen) atoms. The lowest BCUT2D eigenvalue weighted by atomic mass is 10.00. The van der Waals surface area contributed by atoms with Gasteiger partial charge >= 0.3 is 6.03 Å². The number of urea groups is 1. The van der Waals surface area contributed by atoms with Crippen LogP contribution >= 0.6 is 0 Å². The Morgan fingerprint density at radius 2 is 1.89 bits per heavy atom. The van der Waals surface area contributed by atoms with Gasteiger partial charge in [-0.25, -0.2) is 9.78 Å². The lowest BCUT2D eigenvalue weighted by Crippen LogP contribution is -2.58. The summed E-state index contributed by atoms with van der Waals surface area (Å²) in [6.07, 6.45) is 0. The summed E-state index contributed by atoms with van der Waals surface area (Å²) in [5.74, 6) is 1.22. The molecule has 6 nitrogen and oxygen atoms in total. The number of anilines is 2. The van der Waals surface area contributed by atoms with Crippen LogP contribution in [0.25, 0.3) is 11.0 Å². The fraction of sp³-hybridized carbons (Fsp3) is 0.364. The molecule has 2 N–H and O–H groups in total. The largest absolute Gasteiger partial charge is 0.339 e. The van der Waals surface area contributed by atoms with Crippen molar-refractivity contribution in [2.75, 3.05) is 29.9 Å². The van der Waals surface area contributed by atoms with Crippen molar-refractivity contribution in [3.63, 3.8) is 0 Å². The summed E-state index contributed by atoms with van der Waals surface area (Å²) in [6, 6.07) is 16.0. The number of benzene rings is 2. The number of rotatable bonds is 3. The number of aromatic amines is 1. The van der Waals surface area contributed by atoms with E-state index in [4.69, 9.17) is 4.98 Å². The Bertz CT molecular complexity index is 947. The molecule has 0 bridgehead atoms. The maximum atomic E-state index is 13.0. The van der Waals surface area contributed by atoms with E-state index in [0.29, 0.717) is 12.5 Å². The summed E-state index contributed by atoms with van der Waals surface area (Å²) in [6.45, 7) is 8.53. The molecule has 1 saturated heterocycles. The topological polar surface area (TPSA) is 64.3 Å². The van der Waals surface area contributed by atoms with Gasteiger partial charge in [-0.1, -0.05) is 44.2 Å². The number of aryl methyl sites for hydroxylation is 1. The number of hydrogen-bond donors (Lipinski definition) is 2. The number of carbonyl (C=O) groups excluding carboxylic acids is 1. The number of aromatic nitrogens is 2. The number of carbonyl (C=O) groups is 1. The molecule has 4 rings (SSSR count). The standard InChI is InChI=1S/C22H27N5O/c1-15(2)20-14-26(21-23-18-10-6-7-11-19(18)24-21)12-13-27(20)22(28)25-17-9-5-4-8-16(17)3/h4-11,15,20H,12-14H2,1-3H3,(H,23,24)(H,25,28). The molecule has 0 saturated carbocycles. The van der Waals surface area contributed by atoms with E-state index in [1.807, 2.05) is 60.4 Å². The van der Waals surface area contributed by atoms with Crippen molar-refractivity contribution in [1.29, 1.82) is 0 Å². The van der Waals surface area contributed by atoms with Crippen LogP contribution in [-0.2, 0) is 0 Å². The molecular weight excluding hydrogens is 350 g/mol. The number of fused-ring (bicyclic) bond motifs is 1. The Hall–Kier alpha value is -3.02. The molecule has 2 amide bonds. The number of amides is 2. The summed E-state index contributed by atoms with van der Waals surface area (Å²) in [7, 11) is 0. The highest BCUT2D eigenvalue weighted by Gasteiger charge is 2.33. The van der Waals surface area contributed by atoms with Crippen LogP contribution in [0.3, 0.4) is 0 Å². The Balaban J connectivity index is 1.51. The maximum Gasteiger partial charge on any atom is 0.322 e. The van der Waals surface area contributed by atoms with E-state index in [9.17, 15) is 4.79 Å². The van der Waals surface area contributed by atoms with Crippen LogP contribution in [0.15, 0.2) is 48.5 Å². The van der Waals surface area contributed by atoms with Gasteiger partial charge in [0.05, 0.1) is 17.1 Å². The van der Waals surface area contributed by atoms with E-state index in [0.717, 1.165) is 41.3 Å². The van der Waals surface area contributed by atoms with Crippen LogP contribution in [0.5, 0.6) is 0 Å². The van der Waals surface area contributed by atoms with Gasteiger partial charge in [-0.15, -0.1) is 0 Å². The highest BCUT2D eigenvalue weighted by molar-refractivity contribution is 5.90. The van der Waals surface area contributed by atoms with Crippen LogP contribution in [0, 0.1) is 12.8 Å². The first-order valence-electron chi connectivity index (χ1n) is 9.86. The molecule has 1 aromatic heterocycles. The van der Waals surface area contributed by atoms with E-state index in [1.165, 1.54) is 0 Å². The Morgan fingerprint density at radius 3 is 2.64 bits per heavy atom. The number of H-pyrrole nitrogens is 1. The van der Waals surface area contributed by atoms with Crippen LogP contribution in [0.4, 0.5) is 16.4 Å². The molecule has 146 valence electrons. The Labute approximate surface area is 165 Å². The first-order valence-corrected chi connectivity index (χ1v) is 9.86. The Kier molecular flexibility index (Phi) is 4.94.